The van der Waals surface area contributed by atoms with E-state index >= 15 is 0 Å². The number of anilines is 2. The van der Waals surface area contributed by atoms with Crippen LogP contribution in [0.4, 0.5) is 11.4 Å². The molecule has 176 valence electrons. The number of fused-ring (bicyclic) bond motifs is 3. The van der Waals surface area contributed by atoms with Crippen LogP contribution in [0.3, 0.4) is 0 Å². The van der Waals surface area contributed by atoms with Crippen LogP contribution in [-0.4, -0.2) is 22.6 Å². The highest BCUT2D eigenvalue weighted by Crippen LogP contribution is 2.50. The molecule has 3 aromatic rings. The SMILES string of the molecule is COc1ccc(NS(=O)(=O)c2ccc3c(c2)[C@H]2C=CC[C@H]2[C@@H](c2cccc(C)c2)N3)c(OC)c1. The number of benzene rings is 3. The third-order valence-corrected chi connectivity index (χ3v) is 8.06. The summed E-state index contributed by atoms with van der Waals surface area (Å²) in [4.78, 5) is 0.221. The van der Waals surface area contributed by atoms with Gasteiger partial charge in [-0.3, -0.25) is 4.72 Å². The van der Waals surface area contributed by atoms with E-state index in [0.29, 0.717) is 23.1 Å². The first-order valence-electron chi connectivity index (χ1n) is 11.3. The lowest BCUT2D eigenvalue weighted by molar-refractivity contribution is 0.395. The molecule has 2 N–H and O–H groups in total. The predicted octanol–water partition coefficient (Wildman–Crippen LogP) is 5.64. The van der Waals surface area contributed by atoms with Crippen LogP contribution in [0.5, 0.6) is 11.5 Å². The molecule has 1 heterocycles. The fourth-order valence-electron chi connectivity index (χ4n) is 5.02. The number of ether oxygens (including phenoxy) is 2. The maximum absolute atomic E-state index is 13.3. The van der Waals surface area contributed by atoms with Gasteiger partial charge in [0.25, 0.3) is 10.0 Å². The summed E-state index contributed by atoms with van der Waals surface area (Å²) in [6.07, 6.45) is 5.37. The van der Waals surface area contributed by atoms with Crippen LogP contribution < -0.4 is 19.5 Å². The van der Waals surface area contributed by atoms with Crippen LogP contribution in [0.15, 0.2) is 77.7 Å². The van der Waals surface area contributed by atoms with E-state index in [1.807, 2.05) is 6.07 Å². The van der Waals surface area contributed by atoms with E-state index in [-0.39, 0.29) is 16.9 Å². The molecule has 0 spiro atoms. The zero-order valence-electron chi connectivity index (χ0n) is 19.4. The Hall–Kier alpha value is -3.45. The van der Waals surface area contributed by atoms with Crippen LogP contribution in [0.25, 0.3) is 0 Å². The third-order valence-electron chi connectivity index (χ3n) is 6.70. The zero-order valence-corrected chi connectivity index (χ0v) is 20.2. The van der Waals surface area contributed by atoms with Gasteiger partial charge < -0.3 is 14.8 Å². The summed E-state index contributed by atoms with van der Waals surface area (Å²) < 4.78 is 39.8. The van der Waals surface area contributed by atoms with Gasteiger partial charge in [-0.2, -0.15) is 0 Å². The first-order chi connectivity index (χ1) is 16.4. The minimum absolute atomic E-state index is 0.160. The van der Waals surface area contributed by atoms with Crippen molar-refractivity contribution in [1.29, 1.82) is 0 Å². The maximum Gasteiger partial charge on any atom is 0.262 e. The molecule has 0 saturated carbocycles. The molecule has 7 heteroatoms. The quantitative estimate of drug-likeness (QED) is 0.450. The number of hydrogen-bond acceptors (Lipinski definition) is 5. The zero-order chi connectivity index (χ0) is 23.9. The van der Waals surface area contributed by atoms with Crippen molar-refractivity contribution in [2.24, 2.45) is 5.92 Å². The summed E-state index contributed by atoms with van der Waals surface area (Å²) in [6, 6.07) is 19.1. The van der Waals surface area contributed by atoms with Gasteiger partial charge in [-0.1, -0.05) is 42.0 Å². The van der Waals surface area contributed by atoms with Gasteiger partial charge in [0, 0.05) is 17.7 Å². The van der Waals surface area contributed by atoms with Crippen molar-refractivity contribution in [3.63, 3.8) is 0 Å². The van der Waals surface area contributed by atoms with Crippen molar-refractivity contribution in [3.05, 3.63) is 89.5 Å². The smallest absolute Gasteiger partial charge is 0.262 e. The minimum atomic E-state index is -3.82. The second kappa shape index (κ2) is 8.72. The number of nitrogens with one attached hydrogen (secondary N) is 2. The summed E-state index contributed by atoms with van der Waals surface area (Å²) >= 11 is 0. The Morgan fingerprint density at radius 1 is 1.00 bits per heavy atom. The number of rotatable bonds is 6. The Kier molecular flexibility index (Phi) is 5.73. The molecule has 0 saturated heterocycles. The largest absolute Gasteiger partial charge is 0.497 e. The van der Waals surface area contributed by atoms with Crippen molar-refractivity contribution in [3.8, 4) is 11.5 Å². The first kappa shape index (κ1) is 22.3. The van der Waals surface area contributed by atoms with Crippen molar-refractivity contribution in [2.75, 3.05) is 24.3 Å². The summed E-state index contributed by atoms with van der Waals surface area (Å²) in [7, 11) is -0.778. The van der Waals surface area contributed by atoms with Gasteiger partial charge in [0.2, 0.25) is 0 Å². The van der Waals surface area contributed by atoms with E-state index in [9.17, 15) is 8.42 Å². The van der Waals surface area contributed by atoms with Crippen molar-refractivity contribution >= 4 is 21.4 Å². The summed E-state index contributed by atoms with van der Waals surface area (Å²) in [5.74, 6) is 1.47. The van der Waals surface area contributed by atoms with Crippen molar-refractivity contribution in [1.82, 2.24) is 0 Å². The van der Waals surface area contributed by atoms with Crippen LogP contribution >= 0.6 is 0 Å². The van der Waals surface area contributed by atoms with E-state index < -0.39 is 10.0 Å². The summed E-state index contributed by atoms with van der Waals surface area (Å²) in [6.45, 7) is 2.10. The summed E-state index contributed by atoms with van der Waals surface area (Å²) in [5.41, 5.74) is 4.83. The fourth-order valence-corrected chi connectivity index (χ4v) is 6.13. The standard InChI is InChI=1S/C27H28N2O4S/c1-17-6-4-7-18(14-17)27-22-9-5-8-21(22)23-16-20(11-13-24(23)28-27)34(30,31)29-25-12-10-19(32-2)15-26(25)33-3/h4-8,10-16,21-22,27-29H,9H2,1-3H3/t21-,22+,27+/m0/s1. The average molecular weight is 477 g/mol. The second-order valence-electron chi connectivity index (χ2n) is 8.81. The van der Waals surface area contributed by atoms with E-state index in [1.54, 1.807) is 37.4 Å². The molecule has 5 rings (SSSR count). The molecule has 34 heavy (non-hydrogen) atoms. The molecular formula is C27H28N2O4S. The molecule has 1 aliphatic heterocycles. The fraction of sp³-hybridized carbons (Fsp3) is 0.259. The third kappa shape index (κ3) is 4.01. The number of aryl methyl sites for hydroxylation is 1. The molecule has 3 atom stereocenters. The molecule has 0 fully saturated rings. The lowest BCUT2D eigenvalue weighted by atomic mass is 9.77. The molecule has 0 amide bonds. The van der Waals surface area contributed by atoms with Crippen LogP contribution in [0.2, 0.25) is 0 Å². The molecule has 0 aromatic heterocycles. The second-order valence-corrected chi connectivity index (χ2v) is 10.5. The Bertz CT molecular complexity index is 1370. The normalized spacial score (nSPS) is 20.7. The average Bonchev–Trinajstić information content (AvgIpc) is 3.33. The molecule has 1 aliphatic carbocycles. The van der Waals surface area contributed by atoms with Crippen molar-refractivity contribution in [2.45, 2.75) is 30.2 Å². The number of allylic oxidation sites excluding steroid dienone is 2. The molecular weight excluding hydrogens is 448 g/mol. The Balaban J connectivity index is 1.48. The lowest BCUT2D eigenvalue weighted by Crippen LogP contribution is -2.29. The Morgan fingerprint density at radius 2 is 1.85 bits per heavy atom. The van der Waals surface area contributed by atoms with Gasteiger partial charge in [-0.25, -0.2) is 8.42 Å². The first-order valence-corrected chi connectivity index (χ1v) is 12.8. The van der Waals surface area contributed by atoms with Gasteiger partial charge in [0.05, 0.1) is 30.8 Å². The molecule has 0 radical (unpaired) electrons. The van der Waals surface area contributed by atoms with Gasteiger partial charge in [-0.15, -0.1) is 0 Å². The maximum atomic E-state index is 13.3. The van der Waals surface area contributed by atoms with Gasteiger partial charge in [0.15, 0.2) is 0 Å². The van der Waals surface area contributed by atoms with Gasteiger partial charge in [-0.05, 0) is 60.7 Å². The Labute approximate surface area is 200 Å². The predicted molar refractivity (Wildman–Crippen MR) is 134 cm³/mol. The number of sulfonamides is 1. The number of methoxy groups -OCH3 is 2. The van der Waals surface area contributed by atoms with E-state index in [4.69, 9.17) is 9.47 Å². The summed E-state index contributed by atoms with van der Waals surface area (Å²) in [5, 5.41) is 3.68. The van der Waals surface area contributed by atoms with E-state index in [1.165, 1.54) is 18.2 Å². The minimum Gasteiger partial charge on any atom is -0.497 e. The van der Waals surface area contributed by atoms with Crippen LogP contribution in [-0.2, 0) is 10.0 Å². The molecule has 0 unspecified atom stereocenters. The molecule has 6 nitrogen and oxygen atoms in total. The molecule has 0 bridgehead atoms. The van der Waals surface area contributed by atoms with Gasteiger partial charge in [0.1, 0.15) is 11.5 Å². The highest BCUT2D eigenvalue weighted by atomic mass is 32.2. The molecule has 2 aliphatic rings. The van der Waals surface area contributed by atoms with E-state index in [2.05, 4.69) is 53.4 Å². The highest BCUT2D eigenvalue weighted by molar-refractivity contribution is 7.92. The lowest BCUT2D eigenvalue weighted by Gasteiger charge is -2.37. The molecule has 3 aromatic carbocycles. The number of hydrogen-bond donors (Lipinski definition) is 2. The van der Waals surface area contributed by atoms with Gasteiger partial charge >= 0.3 is 0 Å². The van der Waals surface area contributed by atoms with Crippen LogP contribution in [0, 0.1) is 12.8 Å². The topological polar surface area (TPSA) is 76.7 Å². The van der Waals surface area contributed by atoms with Crippen molar-refractivity contribution < 1.29 is 17.9 Å². The monoisotopic (exact) mass is 476 g/mol. The highest BCUT2D eigenvalue weighted by Gasteiger charge is 2.38. The Morgan fingerprint density at radius 3 is 2.62 bits per heavy atom. The van der Waals surface area contributed by atoms with Crippen LogP contribution in [0.1, 0.15) is 35.1 Å². The van der Waals surface area contributed by atoms with E-state index in [0.717, 1.165) is 17.7 Å².